The van der Waals surface area contributed by atoms with Gasteiger partial charge in [0.15, 0.2) is 5.96 Å². The number of hydrogen-bond donors (Lipinski definition) is 2. The molecule has 2 N–H and O–H groups in total. The number of methoxy groups -OCH3 is 1. The highest BCUT2D eigenvalue weighted by Crippen LogP contribution is 2.14. The van der Waals surface area contributed by atoms with Crippen LogP contribution in [0.3, 0.4) is 0 Å². The van der Waals surface area contributed by atoms with Gasteiger partial charge in [0.1, 0.15) is 5.75 Å². The van der Waals surface area contributed by atoms with Gasteiger partial charge in [-0.05, 0) is 63.0 Å². The molecular formula is C18H30N4O. The lowest BCUT2D eigenvalue weighted by Gasteiger charge is -2.29. The van der Waals surface area contributed by atoms with Gasteiger partial charge in [0.2, 0.25) is 0 Å². The quantitative estimate of drug-likeness (QED) is 0.620. The van der Waals surface area contributed by atoms with Gasteiger partial charge >= 0.3 is 0 Å². The smallest absolute Gasteiger partial charge is 0.190 e. The minimum atomic E-state index is 0.756. The van der Waals surface area contributed by atoms with Crippen LogP contribution < -0.4 is 15.4 Å². The molecule has 1 aliphatic heterocycles. The SMILES string of the molecule is CN=C(NCCc1ccc(OC)cc1)NCC1CCN(C)CC1. The van der Waals surface area contributed by atoms with Crippen molar-refractivity contribution >= 4 is 5.96 Å². The maximum atomic E-state index is 5.18. The Bertz CT molecular complexity index is 478. The summed E-state index contributed by atoms with van der Waals surface area (Å²) < 4.78 is 5.18. The van der Waals surface area contributed by atoms with Crippen LogP contribution in [-0.2, 0) is 6.42 Å². The molecular weight excluding hydrogens is 288 g/mol. The molecule has 5 heteroatoms. The van der Waals surface area contributed by atoms with E-state index in [4.69, 9.17) is 4.74 Å². The van der Waals surface area contributed by atoms with Gasteiger partial charge in [-0.25, -0.2) is 0 Å². The Morgan fingerprint density at radius 1 is 1.22 bits per heavy atom. The number of piperidine rings is 1. The van der Waals surface area contributed by atoms with Crippen LogP contribution in [0.25, 0.3) is 0 Å². The van der Waals surface area contributed by atoms with Crippen molar-refractivity contribution in [3.05, 3.63) is 29.8 Å². The molecule has 0 atom stereocenters. The summed E-state index contributed by atoms with van der Waals surface area (Å²) in [5.74, 6) is 2.56. The lowest BCUT2D eigenvalue weighted by atomic mass is 9.97. The fourth-order valence-corrected chi connectivity index (χ4v) is 2.85. The number of rotatable bonds is 6. The first-order valence-corrected chi connectivity index (χ1v) is 8.47. The minimum absolute atomic E-state index is 0.756. The van der Waals surface area contributed by atoms with Crippen LogP contribution >= 0.6 is 0 Å². The summed E-state index contributed by atoms with van der Waals surface area (Å²) in [6.45, 7) is 4.29. The molecule has 1 fully saturated rings. The number of likely N-dealkylation sites (tertiary alicyclic amines) is 1. The normalized spacial score (nSPS) is 17.1. The van der Waals surface area contributed by atoms with E-state index >= 15 is 0 Å². The van der Waals surface area contributed by atoms with E-state index < -0.39 is 0 Å². The number of nitrogens with zero attached hydrogens (tertiary/aromatic N) is 2. The molecule has 0 spiro atoms. The second-order valence-electron chi connectivity index (χ2n) is 6.22. The van der Waals surface area contributed by atoms with Crippen molar-refractivity contribution in [2.45, 2.75) is 19.3 Å². The van der Waals surface area contributed by atoms with Crippen LogP contribution in [0.1, 0.15) is 18.4 Å². The van der Waals surface area contributed by atoms with Gasteiger partial charge in [-0.3, -0.25) is 4.99 Å². The zero-order valence-electron chi connectivity index (χ0n) is 14.6. The highest BCUT2D eigenvalue weighted by Gasteiger charge is 2.16. The Kier molecular flexibility index (Phi) is 7.20. The predicted octanol–water partition coefficient (Wildman–Crippen LogP) is 1.74. The first-order chi connectivity index (χ1) is 11.2. The van der Waals surface area contributed by atoms with Crippen molar-refractivity contribution in [2.24, 2.45) is 10.9 Å². The van der Waals surface area contributed by atoms with Crippen LogP contribution in [0, 0.1) is 5.92 Å². The molecule has 0 unspecified atom stereocenters. The summed E-state index contributed by atoms with van der Waals surface area (Å²) in [5.41, 5.74) is 1.30. The van der Waals surface area contributed by atoms with Gasteiger partial charge in [0.25, 0.3) is 0 Å². The monoisotopic (exact) mass is 318 g/mol. The van der Waals surface area contributed by atoms with Crippen LogP contribution in [0.4, 0.5) is 0 Å². The van der Waals surface area contributed by atoms with Crippen molar-refractivity contribution in [1.29, 1.82) is 0 Å². The minimum Gasteiger partial charge on any atom is -0.497 e. The maximum Gasteiger partial charge on any atom is 0.190 e. The van der Waals surface area contributed by atoms with Gasteiger partial charge in [0, 0.05) is 20.1 Å². The molecule has 1 aromatic rings. The molecule has 0 amide bonds. The fraction of sp³-hybridized carbons (Fsp3) is 0.611. The molecule has 0 saturated carbocycles. The lowest BCUT2D eigenvalue weighted by Crippen LogP contribution is -2.42. The Morgan fingerprint density at radius 3 is 2.52 bits per heavy atom. The van der Waals surface area contributed by atoms with Crippen molar-refractivity contribution in [1.82, 2.24) is 15.5 Å². The lowest BCUT2D eigenvalue weighted by molar-refractivity contribution is 0.220. The standard InChI is InChI=1S/C18H30N4O/c1-19-18(21-14-16-9-12-22(2)13-10-16)20-11-8-15-4-6-17(23-3)7-5-15/h4-7,16H,8-14H2,1-3H3,(H2,19,20,21). The molecule has 1 saturated heterocycles. The number of ether oxygens (including phenoxy) is 1. The summed E-state index contributed by atoms with van der Waals surface area (Å²) in [4.78, 5) is 6.71. The predicted molar refractivity (Wildman–Crippen MR) is 96.3 cm³/mol. The van der Waals surface area contributed by atoms with Crippen molar-refractivity contribution in [2.75, 3.05) is 47.4 Å². The molecule has 5 nitrogen and oxygen atoms in total. The number of aliphatic imine (C=N–C) groups is 1. The van der Waals surface area contributed by atoms with E-state index in [9.17, 15) is 0 Å². The third-order valence-electron chi connectivity index (χ3n) is 4.49. The molecule has 0 aromatic heterocycles. The van der Waals surface area contributed by atoms with Crippen molar-refractivity contribution in [3.63, 3.8) is 0 Å². The Morgan fingerprint density at radius 2 is 1.91 bits per heavy atom. The fourth-order valence-electron chi connectivity index (χ4n) is 2.85. The van der Waals surface area contributed by atoms with Crippen molar-refractivity contribution < 1.29 is 4.74 Å². The van der Waals surface area contributed by atoms with Gasteiger partial charge in [-0.15, -0.1) is 0 Å². The number of guanidine groups is 1. The van der Waals surface area contributed by atoms with Gasteiger partial charge in [-0.2, -0.15) is 0 Å². The van der Waals surface area contributed by atoms with Gasteiger partial charge < -0.3 is 20.3 Å². The molecule has 1 aromatic carbocycles. The third kappa shape index (κ3) is 6.10. The van der Waals surface area contributed by atoms with Crippen LogP contribution in [-0.4, -0.2) is 58.2 Å². The summed E-state index contributed by atoms with van der Waals surface area (Å²) in [5, 5.41) is 6.85. The van der Waals surface area contributed by atoms with E-state index in [-0.39, 0.29) is 0 Å². The molecule has 1 aliphatic rings. The number of benzene rings is 1. The topological polar surface area (TPSA) is 48.9 Å². The average Bonchev–Trinajstić information content (AvgIpc) is 2.60. The van der Waals surface area contributed by atoms with Crippen LogP contribution in [0.2, 0.25) is 0 Å². The highest BCUT2D eigenvalue weighted by molar-refractivity contribution is 5.79. The summed E-state index contributed by atoms with van der Waals surface area (Å²) in [6, 6.07) is 8.22. The first-order valence-electron chi connectivity index (χ1n) is 8.47. The van der Waals surface area contributed by atoms with Gasteiger partial charge in [0.05, 0.1) is 7.11 Å². The van der Waals surface area contributed by atoms with Crippen LogP contribution in [0.5, 0.6) is 5.75 Å². The zero-order valence-corrected chi connectivity index (χ0v) is 14.6. The third-order valence-corrected chi connectivity index (χ3v) is 4.49. The largest absolute Gasteiger partial charge is 0.497 e. The summed E-state index contributed by atoms with van der Waals surface area (Å²) in [7, 11) is 5.72. The van der Waals surface area contributed by atoms with E-state index in [1.165, 1.54) is 31.5 Å². The molecule has 2 rings (SSSR count). The molecule has 0 bridgehead atoms. The Hall–Kier alpha value is -1.75. The maximum absolute atomic E-state index is 5.18. The first kappa shape index (κ1) is 17.6. The van der Waals surface area contributed by atoms with E-state index in [1.54, 1.807) is 7.11 Å². The number of nitrogens with one attached hydrogen (secondary N) is 2. The van der Waals surface area contributed by atoms with Crippen LogP contribution in [0.15, 0.2) is 29.3 Å². The van der Waals surface area contributed by atoms with Gasteiger partial charge in [-0.1, -0.05) is 12.1 Å². The number of hydrogen-bond acceptors (Lipinski definition) is 3. The highest BCUT2D eigenvalue weighted by atomic mass is 16.5. The van der Waals surface area contributed by atoms with E-state index in [1.807, 2.05) is 19.2 Å². The zero-order chi connectivity index (χ0) is 16.5. The molecule has 128 valence electrons. The Labute approximate surface area is 140 Å². The van der Waals surface area contributed by atoms with E-state index in [0.717, 1.165) is 37.1 Å². The summed E-state index contributed by atoms with van der Waals surface area (Å²) >= 11 is 0. The second kappa shape index (κ2) is 9.40. The molecule has 0 radical (unpaired) electrons. The second-order valence-corrected chi connectivity index (χ2v) is 6.22. The average molecular weight is 318 g/mol. The Balaban J connectivity index is 1.66. The van der Waals surface area contributed by atoms with Crippen molar-refractivity contribution in [3.8, 4) is 5.75 Å². The molecule has 1 heterocycles. The molecule has 23 heavy (non-hydrogen) atoms. The molecule has 0 aliphatic carbocycles. The summed E-state index contributed by atoms with van der Waals surface area (Å²) in [6.07, 6.45) is 3.51. The van der Waals surface area contributed by atoms with E-state index in [0.29, 0.717) is 0 Å². The van der Waals surface area contributed by atoms with E-state index in [2.05, 4.69) is 39.7 Å².